The van der Waals surface area contributed by atoms with Crippen molar-refractivity contribution in [2.24, 2.45) is 5.92 Å². The smallest absolute Gasteiger partial charge is 0.307 e. The molecule has 0 heterocycles. The molecule has 1 aliphatic rings. The molecule has 0 aliphatic heterocycles. The van der Waals surface area contributed by atoms with Crippen molar-refractivity contribution in [3.63, 3.8) is 0 Å². The van der Waals surface area contributed by atoms with Gasteiger partial charge < -0.3 is 15.0 Å². The molecule has 6 heteroatoms. The second-order valence-electron chi connectivity index (χ2n) is 6.60. The Bertz CT molecular complexity index is 599. The number of benzene rings is 1. The number of carbonyl (C=O) groups is 3. The molecule has 26 heavy (non-hydrogen) atoms. The molecule has 2 amide bonds. The minimum atomic E-state index is -0.280. The van der Waals surface area contributed by atoms with Crippen LogP contribution in [0.3, 0.4) is 0 Å². The van der Waals surface area contributed by atoms with Gasteiger partial charge in [-0.3, -0.25) is 14.4 Å². The van der Waals surface area contributed by atoms with Crippen molar-refractivity contribution in [1.82, 2.24) is 10.2 Å². The summed E-state index contributed by atoms with van der Waals surface area (Å²) < 4.78 is 4.93. The van der Waals surface area contributed by atoms with Gasteiger partial charge in [0.1, 0.15) is 0 Å². The summed E-state index contributed by atoms with van der Waals surface area (Å²) in [6.45, 7) is 3.50. The molecule has 6 nitrogen and oxygen atoms in total. The van der Waals surface area contributed by atoms with E-state index in [9.17, 15) is 14.4 Å². The zero-order valence-corrected chi connectivity index (χ0v) is 15.4. The van der Waals surface area contributed by atoms with Crippen LogP contribution < -0.4 is 5.32 Å². The van der Waals surface area contributed by atoms with Crippen molar-refractivity contribution < 1.29 is 19.1 Å². The lowest BCUT2D eigenvalue weighted by Crippen LogP contribution is -2.37. The second kappa shape index (κ2) is 10.6. The topological polar surface area (TPSA) is 75.7 Å². The molecular weight excluding hydrogens is 332 g/mol. The summed E-state index contributed by atoms with van der Waals surface area (Å²) >= 11 is 0. The molecule has 2 rings (SSSR count). The predicted octanol–water partition coefficient (Wildman–Crippen LogP) is 1.93. The molecule has 0 aromatic heterocycles. The molecule has 0 bridgehead atoms. The first-order valence-corrected chi connectivity index (χ1v) is 9.32. The summed E-state index contributed by atoms with van der Waals surface area (Å²) in [7, 11) is 0. The average molecular weight is 360 g/mol. The highest BCUT2D eigenvalue weighted by Crippen LogP contribution is 2.29. The van der Waals surface area contributed by atoms with Crippen LogP contribution in [-0.4, -0.2) is 48.9 Å². The van der Waals surface area contributed by atoms with Gasteiger partial charge in [0, 0.05) is 26.1 Å². The number of hydrogen-bond donors (Lipinski definition) is 1. The van der Waals surface area contributed by atoms with E-state index in [1.807, 2.05) is 30.3 Å². The molecule has 1 aliphatic carbocycles. The molecule has 1 aromatic carbocycles. The van der Waals surface area contributed by atoms with Crippen molar-refractivity contribution in [3.05, 3.63) is 35.9 Å². The third-order valence-corrected chi connectivity index (χ3v) is 4.29. The van der Waals surface area contributed by atoms with Crippen LogP contribution in [0.5, 0.6) is 0 Å². The normalized spacial score (nSPS) is 13.1. The van der Waals surface area contributed by atoms with Gasteiger partial charge in [-0.05, 0) is 31.2 Å². The van der Waals surface area contributed by atoms with Crippen molar-refractivity contribution in [2.75, 3.05) is 26.2 Å². The summed E-state index contributed by atoms with van der Waals surface area (Å²) in [6.07, 6.45) is 3.04. The Morgan fingerprint density at radius 3 is 2.54 bits per heavy atom. The lowest BCUT2D eigenvalue weighted by atomic mass is 10.1. The number of carbonyl (C=O) groups excluding carboxylic acids is 3. The van der Waals surface area contributed by atoms with Gasteiger partial charge in [-0.15, -0.1) is 0 Å². The lowest BCUT2D eigenvalue weighted by Gasteiger charge is -2.22. The number of amides is 2. The summed E-state index contributed by atoms with van der Waals surface area (Å²) in [6, 6.07) is 9.50. The van der Waals surface area contributed by atoms with Gasteiger partial charge in [0.15, 0.2) is 0 Å². The number of nitrogens with zero attached hydrogens (tertiary/aromatic N) is 1. The number of rotatable bonds is 11. The van der Waals surface area contributed by atoms with Crippen molar-refractivity contribution in [2.45, 2.75) is 39.0 Å². The molecule has 0 spiro atoms. The first kappa shape index (κ1) is 19.9. The van der Waals surface area contributed by atoms with Gasteiger partial charge in [0.25, 0.3) is 0 Å². The Morgan fingerprint density at radius 1 is 1.15 bits per heavy atom. The largest absolute Gasteiger partial charge is 0.466 e. The fourth-order valence-corrected chi connectivity index (χ4v) is 2.70. The van der Waals surface area contributed by atoms with E-state index in [0.717, 1.165) is 18.4 Å². The van der Waals surface area contributed by atoms with Crippen LogP contribution in [0.4, 0.5) is 0 Å². The van der Waals surface area contributed by atoms with Gasteiger partial charge in [-0.2, -0.15) is 0 Å². The molecule has 0 unspecified atom stereocenters. The Labute approximate surface area is 154 Å². The van der Waals surface area contributed by atoms with E-state index in [1.54, 1.807) is 11.8 Å². The van der Waals surface area contributed by atoms with Crippen LogP contribution in [0.15, 0.2) is 30.3 Å². The second-order valence-corrected chi connectivity index (χ2v) is 6.60. The maximum absolute atomic E-state index is 12.4. The zero-order chi connectivity index (χ0) is 18.8. The van der Waals surface area contributed by atoms with E-state index in [0.29, 0.717) is 38.6 Å². The minimum absolute atomic E-state index is 0.0267. The molecule has 1 fully saturated rings. The molecule has 0 saturated heterocycles. The number of hydrogen-bond acceptors (Lipinski definition) is 4. The maximum Gasteiger partial charge on any atom is 0.307 e. The van der Waals surface area contributed by atoms with E-state index >= 15 is 0 Å². The quantitative estimate of drug-likeness (QED) is 0.612. The highest BCUT2D eigenvalue weighted by Gasteiger charge is 2.27. The zero-order valence-electron chi connectivity index (χ0n) is 15.4. The first-order chi connectivity index (χ1) is 12.6. The standard InChI is InChI=1S/C20H28N2O4/c1-2-26-20(25)11-13-22(15-17-8-9-17)19(24)10-12-21-18(23)14-16-6-4-3-5-7-16/h3-7,17H,2,8-15H2,1H3,(H,21,23). The van der Waals surface area contributed by atoms with Crippen LogP contribution in [0, 0.1) is 5.92 Å². The third kappa shape index (κ3) is 7.68. The molecule has 0 atom stereocenters. The summed E-state index contributed by atoms with van der Waals surface area (Å²) in [5.74, 6) is 0.150. The molecule has 1 N–H and O–H groups in total. The van der Waals surface area contributed by atoms with Crippen LogP contribution in [0.25, 0.3) is 0 Å². The minimum Gasteiger partial charge on any atom is -0.466 e. The molecule has 1 aromatic rings. The van der Waals surface area contributed by atoms with E-state index in [-0.39, 0.29) is 30.6 Å². The Morgan fingerprint density at radius 2 is 1.88 bits per heavy atom. The number of ether oxygens (including phenoxy) is 1. The van der Waals surface area contributed by atoms with Gasteiger partial charge >= 0.3 is 5.97 Å². The van der Waals surface area contributed by atoms with Gasteiger partial charge in [-0.1, -0.05) is 30.3 Å². The molecule has 0 radical (unpaired) electrons. The van der Waals surface area contributed by atoms with E-state index in [4.69, 9.17) is 4.74 Å². The van der Waals surface area contributed by atoms with Gasteiger partial charge in [0.2, 0.25) is 11.8 Å². The van der Waals surface area contributed by atoms with Gasteiger partial charge in [-0.25, -0.2) is 0 Å². The van der Waals surface area contributed by atoms with E-state index < -0.39 is 0 Å². The first-order valence-electron chi connectivity index (χ1n) is 9.32. The predicted molar refractivity (Wildman–Crippen MR) is 98.3 cm³/mol. The Kier molecular flexibility index (Phi) is 8.12. The van der Waals surface area contributed by atoms with Crippen LogP contribution >= 0.6 is 0 Å². The number of nitrogens with one attached hydrogen (secondary N) is 1. The molecular formula is C20H28N2O4. The molecule has 142 valence electrons. The van der Waals surface area contributed by atoms with Crippen molar-refractivity contribution in [1.29, 1.82) is 0 Å². The highest BCUT2D eigenvalue weighted by atomic mass is 16.5. The fourth-order valence-electron chi connectivity index (χ4n) is 2.70. The summed E-state index contributed by atoms with van der Waals surface area (Å²) in [4.78, 5) is 37.6. The van der Waals surface area contributed by atoms with Crippen molar-refractivity contribution >= 4 is 17.8 Å². The van der Waals surface area contributed by atoms with E-state index in [2.05, 4.69) is 5.32 Å². The summed E-state index contributed by atoms with van der Waals surface area (Å²) in [5.41, 5.74) is 0.945. The van der Waals surface area contributed by atoms with Crippen LogP contribution in [-0.2, 0) is 25.5 Å². The Hall–Kier alpha value is -2.37. The Balaban J connectivity index is 1.71. The third-order valence-electron chi connectivity index (χ3n) is 4.29. The van der Waals surface area contributed by atoms with Crippen LogP contribution in [0.2, 0.25) is 0 Å². The van der Waals surface area contributed by atoms with Crippen LogP contribution in [0.1, 0.15) is 38.2 Å². The fraction of sp³-hybridized carbons (Fsp3) is 0.550. The maximum atomic E-state index is 12.4. The monoisotopic (exact) mass is 360 g/mol. The van der Waals surface area contributed by atoms with E-state index in [1.165, 1.54) is 0 Å². The average Bonchev–Trinajstić information content (AvgIpc) is 3.43. The summed E-state index contributed by atoms with van der Waals surface area (Å²) in [5, 5.41) is 2.79. The van der Waals surface area contributed by atoms with Crippen molar-refractivity contribution in [3.8, 4) is 0 Å². The lowest BCUT2D eigenvalue weighted by molar-refractivity contribution is -0.144. The number of esters is 1. The highest BCUT2D eigenvalue weighted by molar-refractivity contribution is 5.80. The molecule has 1 saturated carbocycles. The van der Waals surface area contributed by atoms with Gasteiger partial charge in [0.05, 0.1) is 19.4 Å². The SMILES string of the molecule is CCOC(=O)CCN(CC1CC1)C(=O)CCNC(=O)Cc1ccccc1.